The van der Waals surface area contributed by atoms with Gasteiger partial charge >= 0.3 is 5.97 Å². The lowest BCUT2D eigenvalue weighted by atomic mass is 10.2. The van der Waals surface area contributed by atoms with Crippen molar-refractivity contribution in [3.8, 4) is 11.5 Å². The smallest absolute Gasteiger partial charge is 0.338 e. The first kappa shape index (κ1) is 15.9. The molecule has 0 amide bonds. The second-order valence-electron chi connectivity index (χ2n) is 4.46. The van der Waals surface area contributed by atoms with Gasteiger partial charge in [-0.05, 0) is 36.4 Å². The van der Waals surface area contributed by atoms with Crippen LogP contribution in [0.5, 0.6) is 11.5 Å². The summed E-state index contributed by atoms with van der Waals surface area (Å²) in [5.41, 5.74) is 0.394. The summed E-state index contributed by atoms with van der Waals surface area (Å²) >= 11 is 0. The Kier molecular flexibility index (Phi) is 6.26. The predicted octanol–water partition coefficient (Wildman–Crippen LogP) is 2.64. The fourth-order valence-electron chi connectivity index (χ4n) is 1.71. The molecule has 5 nitrogen and oxygen atoms in total. The van der Waals surface area contributed by atoms with Gasteiger partial charge in [0.1, 0.15) is 24.7 Å². The Balaban J connectivity index is 1.54. The average molecular weight is 302 g/mol. The molecule has 1 N–H and O–H groups in total. The molecule has 116 valence electrons. The van der Waals surface area contributed by atoms with Crippen LogP contribution in [0.25, 0.3) is 0 Å². The zero-order valence-corrected chi connectivity index (χ0v) is 12.1. The van der Waals surface area contributed by atoms with E-state index in [9.17, 15) is 4.79 Å². The first-order valence-electron chi connectivity index (χ1n) is 6.97. The van der Waals surface area contributed by atoms with Crippen LogP contribution in [0.4, 0.5) is 0 Å². The van der Waals surface area contributed by atoms with E-state index in [1.165, 1.54) is 24.3 Å². The lowest BCUT2D eigenvalue weighted by Gasteiger charge is -2.08. The maximum Gasteiger partial charge on any atom is 0.338 e. The molecule has 0 aliphatic heterocycles. The van der Waals surface area contributed by atoms with Crippen LogP contribution >= 0.6 is 0 Å². The number of esters is 1. The van der Waals surface area contributed by atoms with Crippen molar-refractivity contribution in [3.63, 3.8) is 0 Å². The van der Waals surface area contributed by atoms with E-state index in [1.54, 1.807) is 0 Å². The molecule has 2 rings (SSSR count). The summed E-state index contributed by atoms with van der Waals surface area (Å²) < 4.78 is 15.8. The molecule has 2 aromatic carbocycles. The highest BCUT2D eigenvalue weighted by Gasteiger charge is 2.06. The van der Waals surface area contributed by atoms with Gasteiger partial charge in [-0.3, -0.25) is 0 Å². The van der Waals surface area contributed by atoms with Crippen molar-refractivity contribution in [2.45, 2.75) is 0 Å². The molecule has 0 bridgehead atoms. The second-order valence-corrected chi connectivity index (χ2v) is 4.46. The van der Waals surface area contributed by atoms with Crippen LogP contribution in [0, 0.1) is 0 Å². The molecule has 0 heterocycles. The molecule has 0 unspecified atom stereocenters. The summed E-state index contributed by atoms with van der Waals surface area (Å²) in [5, 5.41) is 9.13. The first-order valence-corrected chi connectivity index (χ1v) is 6.97. The Labute approximate surface area is 129 Å². The minimum absolute atomic E-state index is 0.110. The summed E-state index contributed by atoms with van der Waals surface area (Å²) in [6.45, 7) is 1.34. The minimum Gasteiger partial charge on any atom is -0.508 e. The Bertz CT molecular complexity index is 565. The highest BCUT2D eigenvalue weighted by molar-refractivity contribution is 5.89. The first-order chi connectivity index (χ1) is 10.8. The Morgan fingerprint density at radius 2 is 1.55 bits per heavy atom. The van der Waals surface area contributed by atoms with E-state index in [-0.39, 0.29) is 12.4 Å². The van der Waals surface area contributed by atoms with E-state index < -0.39 is 5.97 Å². The van der Waals surface area contributed by atoms with E-state index in [2.05, 4.69) is 0 Å². The van der Waals surface area contributed by atoms with Gasteiger partial charge in [0.05, 0.1) is 18.8 Å². The Hall–Kier alpha value is -2.53. The second kappa shape index (κ2) is 8.69. The summed E-state index contributed by atoms with van der Waals surface area (Å²) in [6.07, 6.45) is 0. The van der Waals surface area contributed by atoms with Gasteiger partial charge in [0.2, 0.25) is 0 Å². The summed E-state index contributed by atoms with van der Waals surface area (Å²) in [4.78, 5) is 11.6. The van der Waals surface area contributed by atoms with Crippen LogP contribution in [-0.2, 0) is 9.47 Å². The zero-order valence-electron chi connectivity index (χ0n) is 12.1. The molecule has 0 aliphatic carbocycles. The number of para-hydroxylation sites is 1. The standard InChI is InChI=1S/C17H18O5/c18-15-8-6-14(7-9-15)17(19)22-13-11-20-10-12-21-16-4-2-1-3-5-16/h1-9,18H,10-13H2. The number of benzene rings is 2. The monoisotopic (exact) mass is 302 g/mol. The number of phenols is 1. The molecule has 0 aromatic heterocycles. The minimum atomic E-state index is -0.441. The zero-order chi connectivity index (χ0) is 15.6. The molecular weight excluding hydrogens is 284 g/mol. The third kappa shape index (κ3) is 5.46. The maximum absolute atomic E-state index is 11.6. The van der Waals surface area contributed by atoms with Crippen molar-refractivity contribution in [3.05, 3.63) is 60.2 Å². The van der Waals surface area contributed by atoms with Crippen molar-refractivity contribution in [2.24, 2.45) is 0 Å². The third-order valence-corrected chi connectivity index (χ3v) is 2.80. The normalized spacial score (nSPS) is 10.2. The summed E-state index contributed by atoms with van der Waals surface area (Å²) in [6, 6.07) is 15.4. The largest absolute Gasteiger partial charge is 0.508 e. The van der Waals surface area contributed by atoms with Gasteiger partial charge in [-0.1, -0.05) is 18.2 Å². The number of carbonyl (C=O) groups is 1. The lowest BCUT2D eigenvalue weighted by molar-refractivity contribution is 0.0273. The topological polar surface area (TPSA) is 65.0 Å². The number of aromatic hydroxyl groups is 1. The van der Waals surface area contributed by atoms with Gasteiger partial charge in [-0.25, -0.2) is 4.79 Å². The molecule has 0 radical (unpaired) electrons. The molecule has 2 aromatic rings. The van der Waals surface area contributed by atoms with Crippen LogP contribution in [0.1, 0.15) is 10.4 Å². The molecule has 0 spiro atoms. The van der Waals surface area contributed by atoms with Crippen LogP contribution in [0.15, 0.2) is 54.6 Å². The van der Waals surface area contributed by atoms with Crippen molar-refractivity contribution in [1.82, 2.24) is 0 Å². The quantitative estimate of drug-likeness (QED) is 0.600. The van der Waals surface area contributed by atoms with E-state index in [0.29, 0.717) is 25.4 Å². The van der Waals surface area contributed by atoms with Crippen LogP contribution in [0.2, 0.25) is 0 Å². The van der Waals surface area contributed by atoms with E-state index >= 15 is 0 Å². The molecule has 0 saturated carbocycles. The van der Waals surface area contributed by atoms with Crippen LogP contribution < -0.4 is 4.74 Å². The Morgan fingerprint density at radius 1 is 0.864 bits per heavy atom. The van der Waals surface area contributed by atoms with Gasteiger partial charge < -0.3 is 19.3 Å². The SMILES string of the molecule is O=C(OCCOCCOc1ccccc1)c1ccc(O)cc1. The predicted molar refractivity (Wildman–Crippen MR) is 81.1 cm³/mol. The van der Waals surface area contributed by atoms with Gasteiger partial charge in [-0.15, -0.1) is 0 Å². The Morgan fingerprint density at radius 3 is 2.27 bits per heavy atom. The van der Waals surface area contributed by atoms with Crippen molar-refractivity contribution in [1.29, 1.82) is 0 Å². The number of hydrogen-bond acceptors (Lipinski definition) is 5. The maximum atomic E-state index is 11.6. The van der Waals surface area contributed by atoms with Gasteiger partial charge in [0, 0.05) is 0 Å². The number of ether oxygens (including phenoxy) is 3. The van der Waals surface area contributed by atoms with Crippen molar-refractivity contribution < 1.29 is 24.1 Å². The number of phenolic OH excluding ortho intramolecular Hbond substituents is 1. The number of carbonyl (C=O) groups excluding carboxylic acids is 1. The molecule has 0 saturated heterocycles. The fourth-order valence-corrected chi connectivity index (χ4v) is 1.71. The van der Waals surface area contributed by atoms with Gasteiger partial charge in [0.15, 0.2) is 0 Å². The fraction of sp³-hybridized carbons (Fsp3) is 0.235. The van der Waals surface area contributed by atoms with Gasteiger partial charge in [0.25, 0.3) is 0 Å². The molecule has 0 atom stereocenters. The molecule has 0 aliphatic rings. The van der Waals surface area contributed by atoms with Crippen LogP contribution in [-0.4, -0.2) is 37.5 Å². The number of rotatable bonds is 8. The average Bonchev–Trinajstić information content (AvgIpc) is 2.55. The molecule has 5 heteroatoms. The summed E-state index contributed by atoms with van der Waals surface area (Å²) in [5.74, 6) is 0.465. The third-order valence-electron chi connectivity index (χ3n) is 2.80. The summed E-state index contributed by atoms with van der Waals surface area (Å²) in [7, 11) is 0. The molecule has 0 fully saturated rings. The van der Waals surface area contributed by atoms with Crippen molar-refractivity contribution in [2.75, 3.05) is 26.4 Å². The van der Waals surface area contributed by atoms with E-state index in [0.717, 1.165) is 5.75 Å². The molecular formula is C17H18O5. The van der Waals surface area contributed by atoms with Crippen molar-refractivity contribution >= 4 is 5.97 Å². The van der Waals surface area contributed by atoms with E-state index in [1.807, 2.05) is 30.3 Å². The molecule has 22 heavy (non-hydrogen) atoms. The van der Waals surface area contributed by atoms with Gasteiger partial charge in [-0.2, -0.15) is 0 Å². The van der Waals surface area contributed by atoms with Crippen LogP contribution in [0.3, 0.4) is 0 Å². The lowest BCUT2D eigenvalue weighted by Crippen LogP contribution is -2.13. The van der Waals surface area contributed by atoms with E-state index in [4.69, 9.17) is 19.3 Å². The highest BCUT2D eigenvalue weighted by atomic mass is 16.6. The highest BCUT2D eigenvalue weighted by Crippen LogP contribution is 2.10. The number of hydrogen-bond donors (Lipinski definition) is 1.